The predicted octanol–water partition coefficient (Wildman–Crippen LogP) is 3.57. The molecular weight excluding hydrogens is 286 g/mol. The van der Waals surface area contributed by atoms with Crippen molar-refractivity contribution in [3.8, 4) is 5.75 Å². The van der Waals surface area contributed by atoms with Gasteiger partial charge in [-0.15, -0.1) is 0 Å². The highest BCUT2D eigenvalue weighted by Crippen LogP contribution is 2.53. The van der Waals surface area contributed by atoms with Gasteiger partial charge >= 0.3 is 0 Å². The van der Waals surface area contributed by atoms with Crippen LogP contribution in [0.25, 0.3) is 0 Å². The molecular formula is C20H27NO2. The fourth-order valence-electron chi connectivity index (χ4n) is 5.58. The van der Waals surface area contributed by atoms with Crippen LogP contribution in [0, 0.1) is 23.7 Å². The summed E-state index contributed by atoms with van der Waals surface area (Å²) in [4.78, 5) is 12.5. The van der Waals surface area contributed by atoms with Gasteiger partial charge in [0.1, 0.15) is 5.75 Å². The van der Waals surface area contributed by atoms with Crippen LogP contribution in [0.15, 0.2) is 24.3 Å². The summed E-state index contributed by atoms with van der Waals surface area (Å²) in [5.41, 5.74) is 1.12. The molecule has 23 heavy (non-hydrogen) atoms. The number of benzene rings is 1. The van der Waals surface area contributed by atoms with E-state index in [1.165, 1.54) is 32.1 Å². The predicted molar refractivity (Wildman–Crippen MR) is 90.3 cm³/mol. The van der Waals surface area contributed by atoms with Gasteiger partial charge in [0, 0.05) is 12.5 Å². The summed E-state index contributed by atoms with van der Waals surface area (Å²) >= 11 is 0. The van der Waals surface area contributed by atoms with E-state index in [1.807, 2.05) is 18.2 Å². The Labute approximate surface area is 138 Å². The Morgan fingerprint density at radius 1 is 1.09 bits per heavy atom. The first kappa shape index (κ1) is 15.0. The number of carbonyl (C=O) groups is 1. The average molecular weight is 313 g/mol. The second-order valence-electron chi connectivity index (χ2n) is 7.84. The van der Waals surface area contributed by atoms with Crippen LogP contribution in [-0.4, -0.2) is 19.1 Å². The highest BCUT2D eigenvalue weighted by molar-refractivity contribution is 5.76. The minimum absolute atomic E-state index is 0.216. The van der Waals surface area contributed by atoms with Gasteiger partial charge in [0.05, 0.1) is 7.11 Å². The minimum Gasteiger partial charge on any atom is -0.496 e. The molecule has 3 heteroatoms. The van der Waals surface area contributed by atoms with E-state index in [0.29, 0.717) is 12.5 Å². The normalized spacial score (nSPS) is 34.4. The highest BCUT2D eigenvalue weighted by atomic mass is 16.5. The fourth-order valence-corrected chi connectivity index (χ4v) is 5.58. The van der Waals surface area contributed by atoms with E-state index in [4.69, 9.17) is 4.74 Å². The van der Waals surface area contributed by atoms with Gasteiger partial charge in [0.25, 0.3) is 0 Å². The second-order valence-corrected chi connectivity index (χ2v) is 7.84. The lowest BCUT2D eigenvalue weighted by Gasteiger charge is -2.54. The molecule has 1 aromatic rings. The fraction of sp³-hybridized carbons (Fsp3) is 0.650. The van der Waals surface area contributed by atoms with Crippen molar-refractivity contribution in [1.29, 1.82) is 0 Å². The molecule has 4 bridgehead atoms. The lowest BCUT2D eigenvalue weighted by molar-refractivity contribution is -0.125. The third-order valence-corrected chi connectivity index (χ3v) is 6.37. The first-order valence-corrected chi connectivity index (χ1v) is 9.14. The first-order chi connectivity index (χ1) is 11.2. The molecule has 4 aliphatic carbocycles. The largest absolute Gasteiger partial charge is 0.496 e. The maximum Gasteiger partial charge on any atom is 0.220 e. The quantitative estimate of drug-likeness (QED) is 0.902. The molecule has 3 nitrogen and oxygen atoms in total. The van der Waals surface area contributed by atoms with Gasteiger partial charge in [-0.1, -0.05) is 18.2 Å². The summed E-state index contributed by atoms with van der Waals surface area (Å²) < 4.78 is 5.37. The number of nitrogens with one attached hydrogen (secondary N) is 1. The van der Waals surface area contributed by atoms with Crippen molar-refractivity contribution in [2.75, 3.05) is 7.11 Å². The molecule has 0 aromatic heterocycles. The summed E-state index contributed by atoms with van der Waals surface area (Å²) in [6, 6.07) is 8.44. The van der Waals surface area contributed by atoms with Crippen LogP contribution in [0.5, 0.6) is 5.75 Å². The number of hydrogen-bond acceptors (Lipinski definition) is 2. The number of aryl methyl sites for hydroxylation is 1. The van der Waals surface area contributed by atoms with Gasteiger partial charge in [0.2, 0.25) is 5.91 Å². The first-order valence-electron chi connectivity index (χ1n) is 9.14. The zero-order valence-corrected chi connectivity index (χ0v) is 14.0. The maximum atomic E-state index is 12.5. The highest BCUT2D eigenvalue weighted by Gasteiger charge is 2.48. The zero-order chi connectivity index (χ0) is 15.8. The Morgan fingerprint density at radius 2 is 1.74 bits per heavy atom. The number of ether oxygens (including phenoxy) is 1. The van der Waals surface area contributed by atoms with Crippen molar-refractivity contribution in [2.45, 2.75) is 51.0 Å². The van der Waals surface area contributed by atoms with Crippen molar-refractivity contribution in [2.24, 2.45) is 23.7 Å². The van der Waals surface area contributed by atoms with Crippen molar-refractivity contribution >= 4 is 5.91 Å². The average Bonchev–Trinajstić information content (AvgIpc) is 2.56. The van der Waals surface area contributed by atoms with Crippen molar-refractivity contribution in [3.63, 3.8) is 0 Å². The molecule has 4 aliphatic rings. The maximum absolute atomic E-state index is 12.5. The molecule has 0 aliphatic heterocycles. The number of carbonyl (C=O) groups excluding carboxylic acids is 1. The van der Waals surface area contributed by atoms with Crippen LogP contribution >= 0.6 is 0 Å². The Kier molecular flexibility index (Phi) is 4.04. The molecule has 4 fully saturated rings. The Morgan fingerprint density at radius 3 is 2.39 bits per heavy atom. The number of para-hydroxylation sites is 1. The van der Waals surface area contributed by atoms with Crippen molar-refractivity contribution in [1.82, 2.24) is 5.32 Å². The van der Waals surface area contributed by atoms with Gasteiger partial charge in [-0.25, -0.2) is 0 Å². The van der Waals surface area contributed by atoms with Gasteiger partial charge < -0.3 is 10.1 Å². The topological polar surface area (TPSA) is 38.3 Å². The Hall–Kier alpha value is -1.51. The lowest BCUT2D eigenvalue weighted by atomic mass is 9.54. The number of amides is 1. The molecule has 1 amide bonds. The van der Waals surface area contributed by atoms with E-state index in [9.17, 15) is 4.79 Å². The van der Waals surface area contributed by atoms with Gasteiger partial charge in [-0.2, -0.15) is 0 Å². The van der Waals surface area contributed by atoms with E-state index in [-0.39, 0.29) is 5.91 Å². The third-order valence-electron chi connectivity index (χ3n) is 6.37. The summed E-state index contributed by atoms with van der Waals surface area (Å²) in [6.07, 6.45) is 8.18. The molecule has 0 atom stereocenters. The van der Waals surface area contributed by atoms with Crippen LogP contribution in [0.3, 0.4) is 0 Å². The molecule has 4 saturated carbocycles. The molecule has 0 radical (unpaired) electrons. The molecule has 0 unspecified atom stereocenters. The van der Waals surface area contributed by atoms with Crippen LogP contribution in [0.2, 0.25) is 0 Å². The van der Waals surface area contributed by atoms with Crippen LogP contribution in [0.1, 0.15) is 44.1 Å². The monoisotopic (exact) mass is 313 g/mol. The standard InChI is InChI=1S/C20H27NO2/c1-23-18-5-3-2-4-15(18)6-7-19(22)21-20-16-9-13-8-14(11-16)12-17(20)10-13/h2-5,13-14,16-17,20H,6-12H2,1H3,(H,21,22). The van der Waals surface area contributed by atoms with Crippen molar-refractivity contribution in [3.05, 3.63) is 29.8 Å². The summed E-state index contributed by atoms with van der Waals surface area (Å²) in [5.74, 6) is 4.52. The van der Waals surface area contributed by atoms with E-state index >= 15 is 0 Å². The van der Waals surface area contributed by atoms with Gasteiger partial charge in [-0.3, -0.25) is 4.79 Å². The molecule has 5 rings (SSSR count). The number of rotatable bonds is 5. The van der Waals surface area contributed by atoms with E-state index in [1.54, 1.807) is 7.11 Å². The molecule has 1 N–H and O–H groups in total. The second kappa shape index (κ2) is 6.18. The van der Waals surface area contributed by atoms with E-state index < -0.39 is 0 Å². The van der Waals surface area contributed by atoms with Crippen LogP contribution in [-0.2, 0) is 11.2 Å². The van der Waals surface area contributed by atoms with Crippen molar-refractivity contribution < 1.29 is 9.53 Å². The smallest absolute Gasteiger partial charge is 0.220 e. The Balaban J connectivity index is 1.34. The minimum atomic E-state index is 0.216. The molecule has 0 saturated heterocycles. The molecule has 1 aromatic carbocycles. The Bertz CT molecular complexity index is 555. The summed E-state index contributed by atoms with van der Waals surface area (Å²) in [7, 11) is 1.69. The lowest BCUT2D eigenvalue weighted by Crippen LogP contribution is -2.55. The number of methoxy groups -OCH3 is 1. The molecule has 0 spiro atoms. The van der Waals surface area contributed by atoms with Gasteiger partial charge in [0.15, 0.2) is 0 Å². The van der Waals surface area contributed by atoms with Gasteiger partial charge in [-0.05, 0) is 73.8 Å². The van der Waals surface area contributed by atoms with Crippen LogP contribution < -0.4 is 10.1 Å². The zero-order valence-electron chi connectivity index (χ0n) is 14.0. The molecule has 0 heterocycles. The number of hydrogen-bond donors (Lipinski definition) is 1. The van der Waals surface area contributed by atoms with E-state index in [0.717, 1.165) is 41.4 Å². The molecule has 124 valence electrons. The van der Waals surface area contributed by atoms with E-state index in [2.05, 4.69) is 11.4 Å². The van der Waals surface area contributed by atoms with Crippen LogP contribution in [0.4, 0.5) is 0 Å². The third kappa shape index (κ3) is 2.98. The summed E-state index contributed by atoms with van der Waals surface area (Å²) in [6.45, 7) is 0. The SMILES string of the molecule is COc1ccccc1CCC(=O)NC1C2CC3CC(C2)CC1C3. The summed E-state index contributed by atoms with van der Waals surface area (Å²) in [5, 5.41) is 3.39.